The van der Waals surface area contributed by atoms with Crippen molar-refractivity contribution in [1.82, 2.24) is 0 Å². The van der Waals surface area contributed by atoms with Crippen LogP contribution in [0, 0.1) is 11.3 Å². The predicted octanol–water partition coefficient (Wildman–Crippen LogP) is 3.58. The zero-order valence-electron chi connectivity index (χ0n) is 9.86. The van der Waals surface area contributed by atoms with Gasteiger partial charge < -0.3 is 5.73 Å². The second-order valence-electron chi connectivity index (χ2n) is 4.17. The maximum absolute atomic E-state index is 8.64. The Kier molecular flexibility index (Phi) is 3.86. The molecule has 2 nitrogen and oxygen atoms in total. The lowest BCUT2D eigenvalue weighted by Gasteiger charge is -2.07. The number of nitrogens with zero attached hydrogens (tertiary/aromatic N) is 1. The first-order chi connectivity index (χ1) is 8.69. The second-order valence-corrected chi connectivity index (χ2v) is 4.61. The molecule has 0 fully saturated rings. The van der Waals surface area contributed by atoms with Crippen LogP contribution in [0.1, 0.15) is 16.7 Å². The fraction of sp³-hybridized carbons (Fsp3) is 0.133. The van der Waals surface area contributed by atoms with Crippen LogP contribution in [0.2, 0.25) is 5.02 Å². The van der Waals surface area contributed by atoms with Crippen LogP contribution >= 0.6 is 11.6 Å². The van der Waals surface area contributed by atoms with Gasteiger partial charge in [0.15, 0.2) is 0 Å². The first-order valence-electron chi connectivity index (χ1n) is 5.67. The summed E-state index contributed by atoms with van der Waals surface area (Å²) in [6.45, 7) is 0. The van der Waals surface area contributed by atoms with Gasteiger partial charge in [0.1, 0.15) is 0 Å². The molecular weight excluding hydrogens is 244 g/mol. The van der Waals surface area contributed by atoms with E-state index in [1.807, 2.05) is 42.5 Å². The quantitative estimate of drug-likeness (QED) is 0.854. The van der Waals surface area contributed by atoms with E-state index >= 15 is 0 Å². The summed E-state index contributed by atoms with van der Waals surface area (Å²) in [5.41, 5.74) is 9.92. The van der Waals surface area contributed by atoms with E-state index in [4.69, 9.17) is 22.6 Å². The van der Waals surface area contributed by atoms with Gasteiger partial charge in [-0.3, -0.25) is 0 Å². The molecule has 0 aliphatic carbocycles. The molecule has 0 aliphatic heterocycles. The Morgan fingerprint density at radius 1 is 1.06 bits per heavy atom. The van der Waals surface area contributed by atoms with Crippen LogP contribution in [0.3, 0.4) is 0 Å². The number of nitrogen functional groups attached to an aromatic ring is 1. The summed E-state index contributed by atoms with van der Waals surface area (Å²) < 4.78 is 0. The van der Waals surface area contributed by atoms with Crippen molar-refractivity contribution in [3.05, 3.63) is 64.2 Å². The molecule has 0 radical (unpaired) electrons. The molecule has 2 aromatic carbocycles. The van der Waals surface area contributed by atoms with Gasteiger partial charge in [-0.25, -0.2) is 0 Å². The Bertz CT molecular complexity index is 582. The van der Waals surface area contributed by atoms with Gasteiger partial charge in [-0.15, -0.1) is 0 Å². The lowest BCUT2D eigenvalue weighted by atomic mass is 10.0. The van der Waals surface area contributed by atoms with E-state index in [0.717, 1.165) is 28.3 Å². The molecule has 2 aromatic rings. The summed E-state index contributed by atoms with van der Waals surface area (Å²) in [5.74, 6) is 0. The van der Waals surface area contributed by atoms with Crippen LogP contribution in [0.4, 0.5) is 5.69 Å². The maximum Gasteiger partial charge on any atom is 0.0669 e. The molecule has 2 rings (SSSR count). The van der Waals surface area contributed by atoms with Crippen LogP contribution in [0.25, 0.3) is 0 Å². The van der Waals surface area contributed by atoms with Gasteiger partial charge in [0.05, 0.1) is 12.5 Å². The topological polar surface area (TPSA) is 49.8 Å². The molecule has 0 unspecified atom stereocenters. The minimum atomic E-state index is 0.394. The van der Waals surface area contributed by atoms with Crippen molar-refractivity contribution in [2.45, 2.75) is 12.8 Å². The molecule has 0 bridgehead atoms. The zero-order valence-corrected chi connectivity index (χ0v) is 10.6. The Morgan fingerprint density at radius 2 is 1.72 bits per heavy atom. The third kappa shape index (κ3) is 3.03. The average Bonchev–Trinajstić information content (AvgIpc) is 2.36. The SMILES string of the molecule is N#CCc1ccc(Cc2ccc(Cl)cc2)c(N)c1. The molecule has 0 aromatic heterocycles. The van der Waals surface area contributed by atoms with Gasteiger partial charge in [-0.1, -0.05) is 35.9 Å². The van der Waals surface area contributed by atoms with Crippen LogP contribution in [0.5, 0.6) is 0 Å². The molecule has 2 N–H and O–H groups in total. The molecule has 0 amide bonds. The summed E-state index contributed by atoms with van der Waals surface area (Å²) in [5, 5.41) is 9.37. The molecule has 0 heterocycles. The fourth-order valence-electron chi connectivity index (χ4n) is 1.83. The van der Waals surface area contributed by atoms with Gasteiger partial charge in [0.25, 0.3) is 0 Å². The van der Waals surface area contributed by atoms with Gasteiger partial charge in [-0.05, 0) is 41.3 Å². The van der Waals surface area contributed by atoms with Crippen molar-refractivity contribution < 1.29 is 0 Å². The Morgan fingerprint density at radius 3 is 2.33 bits per heavy atom. The summed E-state index contributed by atoms with van der Waals surface area (Å²) in [6, 6.07) is 15.6. The molecule has 0 saturated carbocycles. The molecule has 0 spiro atoms. The van der Waals surface area contributed by atoms with Gasteiger partial charge in [-0.2, -0.15) is 5.26 Å². The highest BCUT2D eigenvalue weighted by atomic mass is 35.5. The molecular formula is C15H13ClN2. The third-order valence-corrected chi connectivity index (χ3v) is 3.05. The van der Waals surface area contributed by atoms with Crippen molar-refractivity contribution in [3.8, 4) is 6.07 Å². The van der Waals surface area contributed by atoms with E-state index in [-0.39, 0.29) is 0 Å². The number of halogens is 1. The summed E-state index contributed by atoms with van der Waals surface area (Å²) >= 11 is 5.85. The van der Waals surface area contributed by atoms with Crippen molar-refractivity contribution >= 4 is 17.3 Å². The number of hydrogen-bond donors (Lipinski definition) is 1. The number of nitriles is 1. The van der Waals surface area contributed by atoms with Crippen molar-refractivity contribution in [2.24, 2.45) is 0 Å². The first kappa shape index (κ1) is 12.5. The van der Waals surface area contributed by atoms with E-state index < -0.39 is 0 Å². The lowest BCUT2D eigenvalue weighted by Crippen LogP contribution is -1.97. The third-order valence-electron chi connectivity index (χ3n) is 2.80. The highest BCUT2D eigenvalue weighted by Crippen LogP contribution is 2.19. The smallest absolute Gasteiger partial charge is 0.0669 e. The standard InChI is InChI=1S/C15H13ClN2/c16-14-5-2-11(3-6-14)9-13-4-1-12(7-8-17)10-15(13)18/h1-6,10H,7,9,18H2. The van der Waals surface area contributed by atoms with E-state index in [1.165, 1.54) is 5.56 Å². The van der Waals surface area contributed by atoms with E-state index in [9.17, 15) is 0 Å². The molecule has 90 valence electrons. The van der Waals surface area contributed by atoms with Crippen LogP contribution < -0.4 is 5.73 Å². The number of benzene rings is 2. The van der Waals surface area contributed by atoms with E-state index in [0.29, 0.717) is 6.42 Å². The van der Waals surface area contributed by atoms with Crippen molar-refractivity contribution in [1.29, 1.82) is 5.26 Å². The predicted molar refractivity (Wildman–Crippen MR) is 74.4 cm³/mol. The maximum atomic E-state index is 8.64. The number of anilines is 1. The lowest BCUT2D eigenvalue weighted by molar-refractivity contribution is 1.18. The number of nitrogens with two attached hydrogens (primary N) is 1. The Labute approximate surface area is 112 Å². The van der Waals surface area contributed by atoms with E-state index in [2.05, 4.69) is 6.07 Å². The summed E-state index contributed by atoms with van der Waals surface area (Å²) in [6.07, 6.45) is 1.17. The number of hydrogen-bond acceptors (Lipinski definition) is 2. The summed E-state index contributed by atoms with van der Waals surface area (Å²) in [4.78, 5) is 0. The zero-order chi connectivity index (χ0) is 13.0. The van der Waals surface area contributed by atoms with E-state index in [1.54, 1.807) is 0 Å². The highest BCUT2D eigenvalue weighted by Gasteiger charge is 2.02. The van der Waals surface area contributed by atoms with Gasteiger partial charge in [0.2, 0.25) is 0 Å². The van der Waals surface area contributed by atoms with Crippen LogP contribution in [-0.2, 0) is 12.8 Å². The highest BCUT2D eigenvalue weighted by molar-refractivity contribution is 6.30. The normalized spacial score (nSPS) is 10.0. The minimum Gasteiger partial charge on any atom is -0.398 e. The van der Waals surface area contributed by atoms with Gasteiger partial charge in [0, 0.05) is 10.7 Å². The summed E-state index contributed by atoms with van der Waals surface area (Å²) in [7, 11) is 0. The molecule has 3 heteroatoms. The average molecular weight is 257 g/mol. The van der Waals surface area contributed by atoms with Crippen molar-refractivity contribution in [2.75, 3.05) is 5.73 Å². The van der Waals surface area contributed by atoms with Crippen molar-refractivity contribution in [3.63, 3.8) is 0 Å². The van der Waals surface area contributed by atoms with Crippen LogP contribution in [-0.4, -0.2) is 0 Å². The fourth-order valence-corrected chi connectivity index (χ4v) is 1.95. The monoisotopic (exact) mass is 256 g/mol. The Balaban J connectivity index is 2.19. The molecule has 18 heavy (non-hydrogen) atoms. The molecule has 0 aliphatic rings. The first-order valence-corrected chi connectivity index (χ1v) is 6.05. The van der Waals surface area contributed by atoms with Gasteiger partial charge >= 0.3 is 0 Å². The minimum absolute atomic E-state index is 0.394. The number of rotatable bonds is 3. The molecule has 0 atom stereocenters. The largest absolute Gasteiger partial charge is 0.398 e. The Hall–Kier alpha value is -1.98. The molecule has 0 saturated heterocycles. The van der Waals surface area contributed by atoms with Crippen LogP contribution in [0.15, 0.2) is 42.5 Å². The second kappa shape index (κ2) is 5.57.